The summed E-state index contributed by atoms with van der Waals surface area (Å²) in [5, 5.41) is 0. The van der Waals surface area contributed by atoms with Crippen LogP contribution >= 0.6 is 0 Å². The van der Waals surface area contributed by atoms with Crippen LogP contribution in [-0.2, 0) is 6.61 Å². The molecule has 0 radical (unpaired) electrons. The normalized spacial score (nSPS) is 20.7. The third-order valence-electron chi connectivity index (χ3n) is 6.11. The maximum absolute atomic E-state index is 5.99. The molecule has 0 aliphatic carbocycles. The van der Waals surface area contributed by atoms with E-state index < -0.39 is 0 Å². The lowest BCUT2D eigenvalue weighted by Crippen LogP contribution is -2.52. The SMILES string of the molecule is CN1CC2CCC(C1)N2c1ccc(-c2cnc(N)c(OCc3ccnc(N)c3)n2)cc1. The smallest absolute Gasteiger partial charge is 0.258 e. The number of rotatable bonds is 5. The third-order valence-corrected chi connectivity index (χ3v) is 6.11. The van der Waals surface area contributed by atoms with E-state index >= 15 is 0 Å². The molecule has 0 saturated carbocycles. The van der Waals surface area contributed by atoms with E-state index in [4.69, 9.17) is 16.2 Å². The molecule has 2 saturated heterocycles. The second kappa shape index (κ2) is 8.03. The Morgan fingerprint density at radius 2 is 1.77 bits per heavy atom. The number of hydrogen-bond acceptors (Lipinski definition) is 8. The van der Waals surface area contributed by atoms with Gasteiger partial charge in [-0.2, -0.15) is 0 Å². The molecule has 5 rings (SSSR count). The van der Waals surface area contributed by atoms with Crippen LogP contribution in [0.3, 0.4) is 0 Å². The molecule has 4 heterocycles. The summed E-state index contributed by atoms with van der Waals surface area (Å²) in [4.78, 5) is 17.9. The Balaban J connectivity index is 1.33. The standard InChI is InChI=1S/C23H27N7O/c1-29-12-18-6-7-19(13-29)30(18)17-4-2-16(3-5-17)20-11-27-22(25)23(28-20)31-14-15-8-9-26-21(24)10-15/h2-5,8-11,18-19H,6-7,12-14H2,1H3,(H2,24,26)(H2,25,27). The molecule has 2 aliphatic heterocycles. The second-order valence-electron chi connectivity index (χ2n) is 8.38. The number of anilines is 3. The first-order chi connectivity index (χ1) is 15.1. The van der Waals surface area contributed by atoms with Crippen molar-refractivity contribution in [2.45, 2.75) is 31.5 Å². The molecule has 2 unspecified atom stereocenters. The van der Waals surface area contributed by atoms with Gasteiger partial charge < -0.3 is 26.0 Å². The molecular weight excluding hydrogens is 390 g/mol. The highest BCUT2D eigenvalue weighted by molar-refractivity contribution is 5.65. The van der Waals surface area contributed by atoms with Crippen LogP contribution in [0.2, 0.25) is 0 Å². The van der Waals surface area contributed by atoms with Gasteiger partial charge in [-0.25, -0.2) is 15.0 Å². The maximum atomic E-state index is 5.99. The van der Waals surface area contributed by atoms with Crippen molar-refractivity contribution < 1.29 is 4.74 Å². The van der Waals surface area contributed by atoms with E-state index in [2.05, 4.69) is 56.1 Å². The van der Waals surface area contributed by atoms with Gasteiger partial charge in [0.05, 0.1) is 11.9 Å². The molecule has 2 atom stereocenters. The maximum Gasteiger partial charge on any atom is 0.258 e. The summed E-state index contributed by atoms with van der Waals surface area (Å²) in [7, 11) is 2.22. The summed E-state index contributed by atoms with van der Waals surface area (Å²) < 4.78 is 5.81. The first kappa shape index (κ1) is 19.6. The first-order valence-corrected chi connectivity index (χ1v) is 10.6. The molecule has 8 heteroatoms. The summed E-state index contributed by atoms with van der Waals surface area (Å²) >= 11 is 0. The molecule has 2 aliphatic rings. The highest BCUT2D eigenvalue weighted by Gasteiger charge is 2.38. The Bertz CT molecular complexity index is 1060. The van der Waals surface area contributed by atoms with Crippen LogP contribution in [-0.4, -0.2) is 52.1 Å². The largest absolute Gasteiger partial charge is 0.470 e. The number of nitrogens with zero attached hydrogens (tertiary/aromatic N) is 5. The van der Waals surface area contributed by atoms with Gasteiger partial charge in [0.25, 0.3) is 5.88 Å². The van der Waals surface area contributed by atoms with Crippen LogP contribution in [0, 0.1) is 0 Å². The van der Waals surface area contributed by atoms with E-state index in [1.807, 2.05) is 6.07 Å². The molecule has 4 N–H and O–H groups in total. The van der Waals surface area contributed by atoms with Crippen molar-refractivity contribution in [2.75, 3.05) is 36.5 Å². The van der Waals surface area contributed by atoms with Crippen molar-refractivity contribution in [3.8, 4) is 17.1 Å². The molecule has 0 amide bonds. The van der Waals surface area contributed by atoms with Crippen molar-refractivity contribution in [2.24, 2.45) is 0 Å². The van der Waals surface area contributed by atoms with Gasteiger partial charge in [-0.15, -0.1) is 0 Å². The van der Waals surface area contributed by atoms with Crippen molar-refractivity contribution in [1.29, 1.82) is 0 Å². The average molecular weight is 418 g/mol. The summed E-state index contributed by atoms with van der Waals surface area (Å²) in [6, 6.07) is 13.4. The molecule has 3 aromatic rings. The molecule has 2 aromatic heterocycles. The topological polar surface area (TPSA) is 106 Å². The lowest BCUT2D eigenvalue weighted by Gasteiger charge is -2.41. The lowest BCUT2D eigenvalue weighted by molar-refractivity contribution is 0.265. The predicted octanol–water partition coefficient (Wildman–Crippen LogP) is 2.56. The number of pyridine rings is 1. The van der Waals surface area contributed by atoms with Gasteiger partial charge in [0.1, 0.15) is 12.4 Å². The van der Waals surface area contributed by atoms with Gasteiger partial charge in [-0.05, 0) is 49.7 Å². The third kappa shape index (κ3) is 3.98. The Kier molecular flexibility index (Phi) is 5.07. The quantitative estimate of drug-likeness (QED) is 0.652. The van der Waals surface area contributed by atoms with Crippen molar-refractivity contribution in [3.05, 3.63) is 54.4 Å². The van der Waals surface area contributed by atoms with Gasteiger partial charge in [0.2, 0.25) is 0 Å². The molecular formula is C23H27N7O. The van der Waals surface area contributed by atoms with Crippen LogP contribution in [0.4, 0.5) is 17.3 Å². The number of nitrogens with two attached hydrogens (primary N) is 2. The Labute approximate surface area is 181 Å². The summed E-state index contributed by atoms with van der Waals surface area (Å²) in [5.41, 5.74) is 15.6. The van der Waals surface area contributed by atoms with Crippen molar-refractivity contribution in [1.82, 2.24) is 19.9 Å². The number of aromatic nitrogens is 3. The number of benzene rings is 1. The zero-order valence-corrected chi connectivity index (χ0v) is 17.6. The van der Waals surface area contributed by atoms with Gasteiger partial charge in [0, 0.05) is 42.6 Å². The van der Waals surface area contributed by atoms with Gasteiger partial charge in [0.15, 0.2) is 5.82 Å². The summed E-state index contributed by atoms with van der Waals surface area (Å²) in [6.07, 6.45) is 5.86. The van der Waals surface area contributed by atoms with E-state index in [0.717, 1.165) is 29.9 Å². The first-order valence-electron chi connectivity index (χ1n) is 10.6. The summed E-state index contributed by atoms with van der Waals surface area (Å²) in [5.74, 6) is 1.02. The average Bonchev–Trinajstić information content (AvgIpc) is 3.04. The van der Waals surface area contributed by atoms with Crippen molar-refractivity contribution >= 4 is 17.3 Å². The number of likely N-dealkylation sites (N-methyl/N-ethyl adjacent to an activating group) is 1. The molecule has 2 fully saturated rings. The molecule has 2 bridgehead atoms. The number of piperazine rings is 1. The molecule has 31 heavy (non-hydrogen) atoms. The van der Waals surface area contributed by atoms with E-state index in [1.165, 1.54) is 18.5 Å². The highest BCUT2D eigenvalue weighted by Crippen LogP contribution is 2.35. The molecule has 8 nitrogen and oxygen atoms in total. The van der Waals surface area contributed by atoms with Gasteiger partial charge >= 0.3 is 0 Å². The number of ether oxygens (including phenoxy) is 1. The van der Waals surface area contributed by atoms with E-state index in [9.17, 15) is 0 Å². The van der Waals surface area contributed by atoms with E-state index in [0.29, 0.717) is 30.4 Å². The zero-order chi connectivity index (χ0) is 21.4. The van der Waals surface area contributed by atoms with Crippen LogP contribution in [0.25, 0.3) is 11.3 Å². The lowest BCUT2D eigenvalue weighted by atomic mass is 10.1. The Hall–Kier alpha value is -3.39. The zero-order valence-electron chi connectivity index (χ0n) is 17.6. The Morgan fingerprint density at radius 1 is 1.03 bits per heavy atom. The minimum absolute atomic E-state index is 0.261. The Morgan fingerprint density at radius 3 is 2.48 bits per heavy atom. The molecule has 160 valence electrons. The fourth-order valence-corrected chi connectivity index (χ4v) is 4.70. The minimum Gasteiger partial charge on any atom is -0.470 e. The van der Waals surface area contributed by atoms with Crippen LogP contribution in [0.5, 0.6) is 5.88 Å². The predicted molar refractivity (Wildman–Crippen MR) is 122 cm³/mol. The number of likely N-dealkylation sites (tertiary alicyclic amines) is 1. The summed E-state index contributed by atoms with van der Waals surface area (Å²) in [6.45, 7) is 2.55. The van der Waals surface area contributed by atoms with E-state index in [-0.39, 0.29) is 5.82 Å². The van der Waals surface area contributed by atoms with Crippen molar-refractivity contribution in [3.63, 3.8) is 0 Å². The fraction of sp³-hybridized carbons (Fsp3) is 0.348. The fourth-order valence-electron chi connectivity index (χ4n) is 4.70. The number of nitrogen functional groups attached to an aromatic ring is 2. The van der Waals surface area contributed by atoms with Crippen LogP contribution in [0.1, 0.15) is 18.4 Å². The van der Waals surface area contributed by atoms with Gasteiger partial charge in [-0.1, -0.05) is 12.1 Å². The second-order valence-corrected chi connectivity index (χ2v) is 8.38. The number of fused-ring (bicyclic) bond motifs is 2. The van der Waals surface area contributed by atoms with Crippen LogP contribution < -0.4 is 21.1 Å². The van der Waals surface area contributed by atoms with E-state index in [1.54, 1.807) is 18.5 Å². The van der Waals surface area contributed by atoms with Gasteiger partial charge in [-0.3, -0.25) is 0 Å². The monoisotopic (exact) mass is 417 g/mol. The molecule has 0 spiro atoms. The minimum atomic E-state index is 0.261. The molecule has 1 aromatic carbocycles. The number of hydrogen-bond donors (Lipinski definition) is 2. The highest BCUT2D eigenvalue weighted by atomic mass is 16.5. The van der Waals surface area contributed by atoms with Crippen LogP contribution in [0.15, 0.2) is 48.8 Å².